The fourth-order valence-electron chi connectivity index (χ4n) is 2.95. The number of hydrogen-bond donors (Lipinski definition) is 2. The number of thioether (sulfide) groups is 1. The van der Waals surface area contributed by atoms with Crippen LogP contribution in [0, 0.1) is 5.92 Å². The maximum Gasteiger partial charge on any atom is 0.225 e. The monoisotopic (exact) mass is 290 g/mol. The normalized spacial score (nSPS) is 25.4. The van der Waals surface area contributed by atoms with Crippen molar-refractivity contribution in [3.8, 4) is 0 Å². The van der Waals surface area contributed by atoms with Gasteiger partial charge in [-0.1, -0.05) is 24.6 Å². The second kappa shape index (κ2) is 6.53. The highest BCUT2D eigenvalue weighted by Gasteiger charge is 2.25. The molecular formula is C16H22N2OS. The quantitative estimate of drug-likeness (QED) is 0.899. The summed E-state index contributed by atoms with van der Waals surface area (Å²) < 4.78 is 0. The minimum atomic E-state index is 0.0680. The molecule has 0 spiro atoms. The number of hydrogen-bond acceptors (Lipinski definition) is 3. The van der Waals surface area contributed by atoms with E-state index in [1.54, 1.807) is 0 Å². The fourth-order valence-corrected chi connectivity index (χ4v) is 4.19. The lowest BCUT2D eigenvalue weighted by Gasteiger charge is -2.27. The van der Waals surface area contributed by atoms with Gasteiger partial charge in [0, 0.05) is 24.0 Å². The van der Waals surface area contributed by atoms with E-state index in [0.717, 1.165) is 19.5 Å². The summed E-state index contributed by atoms with van der Waals surface area (Å²) in [5, 5.41) is 7.14. The molecule has 0 bridgehead atoms. The van der Waals surface area contributed by atoms with Crippen LogP contribution >= 0.6 is 11.8 Å². The van der Waals surface area contributed by atoms with Gasteiger partial charge in [0.2, 0.25) is 5.91 Å². The Morgan fingerprint density at radius 3 is 3.10 bits per heavy atom. The van der Waals surface area contributed by atoms with E-state index < -0.39 is 0 Å². The summed E-state index contributed by atoms with van der Waals surface area (Å²) in [4.78, 5) is 12.3. The fraction of sp³-hybridized carbons (Fsp3) is 0.562. The molecule has 0 aromatic heterocycles. The third-order valence-corrected chi connectivity index (χ3v) is 5.57. The number of nitrogens with one attached hydrogen (secondary N) is 2. The zero-order valence-corrected chi connectivity index (χ0v) is 12.5. The predicted molar refractivity (Wildman–Crippen MR) is 85.2 cm³/mol. The highest BCUT2D eigenvalue weighted by Crippen LogP contribution is 2.26. The first kappa shape index (κ1) is 13.8. The molecular weight excluding hydrogens is 268 g/mol. The summed E-state index contributed by atoms with van der Waals surface area (Å²) in [6, 6.07) is 8.27. The Balaban J connectivity index is 1.51. The van der Waals surface area contributed by atoms with Crippen molar-refractivity contribution >= 4 is 23.4 Å². The summed E-state index contributed by atoms with van der Waals surface area (Å²) in [7, 11) is 0. The first-order chi connectivity index (χ1) is 9.83. The molecule has 2 aliphatic heterocycles. The lowest BCUT2D eigenvalue weighted by atomic mass is 9.93. The van der Waals surface area contributed by atoms with E-state index in [4.69, 9.17) is 0 Å². The van der Waals surface area contributed by atoms with Crippen molar-refractivity contribution in [1.29, 1.82) is 0 Å². The van der Waals surface area contributed by atoms with Crippen molar-refractivity contribution in [1.82, 2.24) is 5.32 Å². The minimum absolute atomic E-state index is 0.0680. The van der Waals surface area contributed by atoms with Crippen LogP contribution < -0.4 is 10.6 Å². The number of rotatable bonds is 3. The van der Waals surface area contributed by atoms with Crippen molar-refractivity contribution in [2.45, 2.75) is 30.9 Å². The minimum Gasteiger partial charge on any atom is -0.384 e. The number of anilines is 1. The van der Waals surface area contributed by atoms with Crippen molar-refractivity contribution in [2.24, 2.45) is 5.92 Å². The molecule has 2 aliphatic rings. The van der Waals surface area contributed by atoms with Gasteiger partial charge >= 0.3 is 0 Å². The van der Waals surface area contributed by atoms with E-state index in [1.807, 2.05) is 23.9 Å². The molecule has 4 heteroatoms. The van der Waals surface area contributed by atoms with Gasteiger partial charge < -0.3 is 10.6 Å². The van der Waals surface area contributed by atoms with Crippen LogP contribution in [0.5, 0.6) is 0 Å². The summed E-state index contributed by atoms with van der Waals surface area (Å²) in [5.41, 5.74) is 2.44. The Labute approximate surface area is 124 Å². The summed E-state index contributed by atoms with van der Waals surface area (Å²) in [6.07, 6.45) is 4.74. The molecule has 2 heterocycles. The zero-order valence-electron chi connectivity index (χ0n) is 11.7. The lowest BCUT2D eigenvalue weighted by Crippen LogP contribution is -2.41. The molecule has 0 saturated carbocycles. The van der Waals surface area contributed by atoms with Gasteiger partial charge in [-0.15, -0.1) is 0 Å². The van der Waals surface area contributed by atoms with E-state index in [1.165, 1.54) is 36.3 Å². The number of carbonyl (C=O) groups is 1. The van der Waals surface area contributed by atoms with Crippen molar-refractivity contribution in [3.05, 3.63) is 29.8 Å². The number of amides is 1. The Morgan fingerprint density at radius 1 is 1.35 bits per heavy atom. The van der Waals surface area contributed by atoms with E-state index in [9.17, 15) is 4.79 Å². The maximum atomic E-state index is 12.3. The van der Waals surface area contributed by atoms with Gasteiger partial charge in [0.25, 0.3) is 0 Å². The van der Waals surface area contributed by atoms with Crippen molar-refractivity contribution < 1.29 is 4.79 Å². The van der Waals surface area contributed by atoms with Crippen LogP contribution in [-0.2, 0) is 11.2 Å². The predicted octanol–water partition coefficient (Wildman–Crippen LogP) is 2.67. The molecule has 1 aromatic carbocycles. The van der Waals surface area contributed by atoms with Gasteiger partial charge in [0.1, 0.15) is 0 Å². The van der Waals surface area contributed by atoms with Crippen LogP contribution in [0.15, 0.2) is 24.3 Å². The Kier molecular flexibility index (Phi) is 4.51. The van der Waals surface area contributed by atoms with E-state index in [-0.39, 0.29) is 11.8 Å². The van der Waals surface area contributed by atoms with Crippen molar-refractivity contribution in [3.63, 3.8) is 0 Å². The molecule has 2 unspecified atom stereocenters. The first-order valence-corrected chi connectivity index (χ1v) is 8.59. The van der Waals surface area contributed by atoms with Crippen LogP contribution in [0.3, 0.4) is 0 Å². The van der Waals surface area contributed by atoms with Crippen molar-refractivity contribution in [2.75, 3.05) is 24.2 Å². The number of benzene rings is 1. The molecule has 20 heavy (non-hydrogen) atoms. The Hall–Kier alpha value is -1.16. The number of para-hydroxylation sites is 1. The second-order valence-electron chi connectivity index (χ2n) is 5.67. The molecule has 0 radical (unpaired) electrons. The van der Waals surface area contributed by atoms with Crippen LogP contribution in [0.25, 0.3) is 0 Å². The van der Waals surface area contributed by atoms with Crippen LogP contribution in [-0.4, -0.2) is 30.0 Å². The van der Waals surface area contributed by atoms with Gasteiger partial charge in [-0.05, 0) is 36.6 Å². The third-order valence-electron chi connectivity index (χ3n) is 4.17. The zero-order chi connectivity index (χ0) is 13.8. The van der Waals surface area contributed by atoms with Crippen LogP contribution in [0.4, 0.5) is 5.69 Å². The molecule has 1 aromatic rings. The Morgan fingerprint density at radius 2 is 2.25 bits per heavy atom. The van der Waals surface area contributed by atoms with Gasteiger partial charge in [0.05, 0.1) is 5.92 Å². The largest absolute Gasteiger partial charge is 0.384 e. The van der Waals surface area contributed by atoms with Crippen LogP contribution in [0.2, 0.25) is 0 Å². The van der Waals surface area contributed by atoms with Gasteiger partial charge in [0.15, 0.2) is 0 Å². The number of fused-ring (bicyclic) bond motifs is 1. The smallest absolute Gasteiger partial charge is 0.225 e. The lowest BCUT2D eigenvalue weighted by molar-refractivity contribution is -0.124. The molecule has 2 N–H and O–H groups in total. The molecule has 1 amide bonds. The SMILES string of the molecule is O=C(NCC1CCCCS1)C1CNc2ccccc2C1. The average molecular weight is 290 g/mol. The van der Waals surface area contributed by atoms with E-state index in [2.05, 4.69) is 22.8 Å². The Bertz CT molecular complexity index is 471. The van der Waals surface area contributed by atoms with Gasteiger partial charge in [-0.25, -0.2) is 0 Å². The summed E-state index contributed by atoms with van der Waals surface area (Å²) in [6.45, 7) is 1.59. The highest BCUT2D eigenvalue weighted by atomic mass is 32.2. The average Bonchev–Trinajstić information content (AvgIpc) is 2.53. The highest BCUT2D eigenvalue weighted by molar-refractivity contribution is 7.99. The van der Waals surface area contributed by atoms with Gasteiger partial charge in [-0.2, -0.15) is 11.8 Å². The maximum absolute atomic E-state index is 12.3. The molecule has 3 rings (SSSR count). The molecule has 108 valence electrons. The summed E-state index contributed by atoms with van der Waals surface area (Å²) in [5.74, 6) is 1.52. The first-order valence-electron chi connectivity index (χ1n) is 7.54. The molecule has 0 aliphatic carbocycles. The second-order valence-corrected chi connectivity index (χ2v) is 7.08. The molecule has 1 saturated heterocycles. The van der Waals surface area contributed by atoms with E-state index in [0.29, 0.717) is 5.25 Å². The topological polar surface area (TPSA) is 41.1 Å². The third kappa shape index (κ3) is 3.29. The molecule has 1 fully saturated rings. The summed E-state index contributed by atoms with van der Waals surface area (Å²) >= 11 is 2.01. The number of carbonyl (C=O) groups excluding carboxylic acids is 1. The molecule has 2 atom stereocenters. The molecule has 3 nitrogen and oxygen atoms in total. The van der Waals surface area contributed by atoms with Gasteiger partial charge in [-0.3, -0.25) is 4.79 Å². The van der Waals surface area contributed by atoms with E-state index >= 15 is 0 Å². The van der Waals surface area contributed by atoms with Crippen LogP contribution in [0.1, 0.15) is 24.8 Å². The standard InChI is InChI=1S/C16H22N2OS/c19-16(18-11-14-6-3-4-8-20-14)13-9-12-5-1-2-7-15(12)17-10-13/h1-2,5,7,13-14,17H,3-4,6,8-11H2,(H,18,19).